The van der Waals surface area contributed by atoms with Crippen molar-refractivity contribution in [1.29, 1.82) is 0 Å². The van der Waals surface area contributed by atoms with Crippen molar-refractivity contribution in [2.45, 2.75) is 18.4 Å². The zero-order valence-electron chi connectivity index (χ0n) is 9.43. The van der Waals surface area contributed by atoms with Crippen LogP contribution in [0.15, 0.2) is 17.6 Å². The highest BCUT2D eigenvalue weighted by molar-refractivity contribution is 9.09. The van der Waals surface area contributed by atoms with E-state index < -0.39 is 10.0 Å². The lowest BCUT2D eigenvalue weighted by Crippen LogP contribution is -2.33. The second-order valence-corrected chi connectivity index (χ2v) is 6.15. The van der Waals surface area contributed by atoms with Gasteiger partial charge in [-0.05, 0) is 6.42 Å². The maximum atomic E-state index is 12.2. The van der Waals surface area contributed by atoms with Gasteiger partial charge >= 0.3 is 0 Å². The van der Waals surface area contributed by atoms with E-state index in [1.807, 2.05) is 6.92 Å². The molecule has 0 radical (unpaired) electrons. The molecule has 0 aromatic carbocycles. The molecule has 0 amide bonds. The van der Waals surface area contributed by atoms with E-state index in [4.69, 9.17) is 0 Å². The molecule has 0 saturated heterocycles. The molecule has 1 rings (SSSR count). The number of nitrogens with zero attached hydrogens (tertiary/aromatic N) is 3. The smallest absolute Gasteiger partial charge is 0.262 e. The number of imidazole rings is 1. The van der Waals surface area contributed by atoms with E-state index in [2.05, 4.69) is 20.9 Å². The van der Waals surface area contributed by atoms with Gasteiger partial charge in [0, 0.05) is 31.7 Å². The van der Waals surface area contributed by atoms with Crippen molar-refractivity contribution in [1.82, 2.24) is 13.9 Å². The molecular formula is C9H16BrN3O2S. The highest BCUT2D eigenvalue weighted by Crippen LogP contribution is 2.13. The van der Waals surface area contributed by atoms with E-state index >= 15 is 0 Å². The predicted molar refractivity (Wildman–Crippen MR) is 66.1 cm³/mol. The van der Waals surface area contributed by atoms with Crippen molar-refractivity contribution in [3.05, 3.63) is 12.5 Å². The molecule has 0 aliphatic heterocycles. The summed E-state index contributed by atoms with van der Waals surface area (Å²) in [7, 11) is -1.68. The minimum absolute atomic E-state index is 0.115. The van der Waals surface area contributed by atoms with E-state index in [-0.39, 0.29) is 5.03 Å². The lowest BCUT2D eigenvalue weighted by molar-refractivity contribution is 0.428. The van der Waals surface area contributed by atoms with E-state index in [1.165, 1.54) is 16.8 Å². The summed E-state index contributed by atoms with van der Waals surface area (Å²) in [4.78, 5) is 3.89. The molecule has 7 heteroatoms. The number of rotatable bonds is 6. The van der Waals surface area contributed by atoms with Crippen molar-refractivity contribution in [2.75, 3.05) is 18.4 Å². The van der Waals surface area contributed by atoms with Crippen LogP contribution in [0.4, 0.5) is 0 Å². The summed E-state index contributed by atoms with van der Waals surface area (Å²) in [6, 6.07) is 0. The molecule has 0 bridgehead atoms. The molecule has 0 aliphatic rings. The second-order valence-electron chi connectivity index (χ2n) is 3.47. The Hall–Kier alpha value is -0.400. The Balaban J connectivity index is 2.97. The average Bonchev–Trinajstić information content (AvgIpc) is 2.65. The first kappa shape index (κ1) is 13.7. The van der Waals surface area contributed by atoms with Crippen molar-refractivity contribution in [3.63, 3.8) is 0 Å². The Morgan fingerprint density at radius 1 is 1.50 bits per heavy atom. The maximum Gasteiger partial charge on any atom is 0.262 e. The van der Waals surface area contributed by atoms with Crippen molar-refractivity contribution < 1.29 is 8.42 Å². The molecule has 0 aliphatic carbocycles. The average molecular weight is 310 g/mol. The van der Waals surface area contributed by atoms with E-state index in [0.29, 0.717) is 18.4 Å². The van der Waals surface area contributed by atoms with Crippen LogP contribution in [0.3, 0.4) is 0 Å². The zero-order chi connectivity index (χ0) is 12.2. The molecule has 0 saturated carbocycles. The fourth-order valence-electron chi connectivity index (χ4n) is 1.35. The number of sulfonamides is 1. The first-order valence-electron chi connectivity index (χ1n) is 5.06. The van der Waals surface area contributed by atoms with Crippen molar-refractivity contribution in [3.8, 4) is 0 Å². The molecule has 0 N–H and O–H groups in total. The van der Waals surface area contributed by atoms with Crippen LogP contribution in [0, 0.1) is 0 Å². The molecule has 0 fully saturated rings. The third-order valence-corrected chi connectivity index (χ3v) is 4.23. The van der Waals surface area contributed by atoms with Gasteiger partial charge < -0.3 is 4.57 Å². The second kappa shape index (κ2) is 5.79. The van der Waals surface area contributed by atoms with Gasteiger partial charge in [0.05, 0.1) is 6.33 Å². The molecule has 0 atom stereocenters. The first-order valence-corrected chi connectivity index (χ1v) is 7.62. The van der Waals surface area contributed by atoms with E-state index in [1.54, 1.807) is 11.6 Å². The van der Waals surface area contributed by atoms with Crippen LogP contribution in [0.25, 0.3) is 0 Å². The number of aryl methyl sites for hydroxylation is 1. The van der Waals surface area contributed by atoms with Gasteiger partial charge in [0.25, 0.3) is 10.0 Å². The minimum Gasteiger partial charge on any atom is -0.339 e. The van der Waals surface area contributed by atoms with Crippen LogP contribution in [-0.2, 0) is 17.1 Å². The number of hydrogen-bond donors (Lipinski definition) is 0. The number of halogens is 1. The van der Waals surface area contributed by atoms with Crippen LogP contribution in [-0.4, -0.2) is 40.7 Å². The summed E-state index contributed by atoms with van der Waals surface area (Å²) >= 11 is 3.26. The molecule has 0 unspecified atom stereocenters. The monoisotopic (exact) mass is 309 g/mol. The quantitative estimate of drug-likeness (QED) is 0.742. The Bertz CT molecular complexity index is 424. The normalized spacial score (nSPS) is 12.2. The lowest BCUT2D eigenvalue weighted by Gasteiger charge is -2.18. The van der Waals surface area contributed by atoms with Gasteiger partial charge in [0.2, 0.25) is 0 Å². The number of alkyl halides is 1. The predicted octanol–water partition coefficient (Wildman–Crippen LogP) is 1.22. The summed E-state index contributed by atoms with van der Waals surface area (Å²) in [5, 5.41) is 0.739. The largest absolute Gasteiger partial charge is 0.339 e. The number of aromatic nitrogens is 2. The Morgan fingerprint density at radius 2 is 2.19 bits per heavy atom. The Kier molecular flexibility index (Phi) is 4.94. The molecule has 92 valence electrons. The van der Waals surface area contributed by atoms with Gasteiger partial charge in [-0.2, -0.15) is 4.31 Å². The van der Waals surface area contributed by atoms with Gasteiger partial charge in [-0.25, -0.2) is 13.4 Å². The maximum absolute atomic E-state index is 12.2. The summed E-state index contributed by atoms with van der Waals surface area (Å²) < 4.78 is 27.4. The third kappa shape index (κ3) is 3.05. The molecular weight excluding hydrogens is 294 g/mol. The summed E-state index contributed by atoms with van der Waals surface area (Å²) in [6.45, 7) is 2.94. The first-order chi connectivity index (χ1) is 7.52. The van der Waals surface area contributed by atoms with Crippen LogP contribution in [0.2, 0.25) is 0 Å². The Morgan fingerprint density at radius 3 is 2.62 bits per heavy atom. The molecule has 1 heterocycles. The van der Waals surface area contributed by atoms with Gasteiger partial charge in [-0.15, -0.1) is 0 Å². The molecule has 1 aromatic heterocycles. The van der Waals surface area contributed by atoms with Crippen LogP contribution < -0.4 is 0 Å². The Labute approximate surface area is 105 Å². The summed E-state index contributed by atoms with van der Waals surface area (Å²) in [6.07, 6.45) is 3.80. The van der Waals surface area contributed by atoms with Crippen LogP contribution in [0.5, 0.6) is 0 Å². The highest BCUT2D eigenvalue weighted by atomic mass is 79.9. The van der Waals surface area contributed by atoms with Crippen molar-refractivity contribution >= 4 is 26.0 Å². The van der Waals surface area contributed by atoms with Crippen LogP contribution >= 0.6 is 15.9 Å². The molecule has 16 heavy (non-hydrogen) atoms. The summed E-state index contributed by atoms with van der Waals surface area (Å²) in [5.74, 6) is 0. The molecule has 1 aromatic rings. The fraction of sp³-hybridized carbons (Fsp3) is 0.667. The van der Waals surface area contributed by atoms with Gasteiger partial charge in [-0.3, -0.25) is 0 Å². The van der Waals surface area contributed by atoms with E-state index in [9.17, 15) is 8.42 Å². The minimum atomic E-state index is -3.43. The van der Waals surface area contributed by atoms with E-state index in [0.717, 1.165) is 6.42 Å². The zero-order valence-corrected chi connectivity index (χ0v) is 11.8. The van der Waals surface area contributed by atoms with Crippen molar-refractivity contribution in [2.24, 2.45) is 7.05 Å². The van der Waals surface area contributed by atoms with Gasteiger partial charge in [0.1, 0.15) is 0 Å². The lowest BCUT2D eigenvalue weighted by atomic mass is 10.5. The summed E-state index contributed by atoms with van der Waals surface area (Å²) in [5.41, 5.74) is 0. The standard InChI is InChI=1S/C9H16BrN3O2S/c1-3-5-13(6-4-10)16(14,15)9-7-12(2)8-11-9/h7-8H,3-6H2,1-2H3. The third-order valence-electron chi connectivity index (χ3n) is 2.09. The fourth-order valence-corrected chi connectivity index (χ4v) is 3.51. The topological polar surface area (TPSA) is 55.2 Å². The molecule has 5 nitrogen and oxygen atoms in total. The molecule has 0 spiro atoms. The SMILES string of the molecule is CCCN(CCBr)S(=O)(=O)c1cn(C)cn1. The van der Waals surface area contributed by atoms with Gasteiger partial charge in [0.15, 0.2) is 5.03 Å². The van der Waals surface area contributed by atoms with Crippen LogP contribution in [0.1, 0.15) is 13.3 Å². The van der Waals surface area contributed by atoms with Gasteiger partial charge in [-0.1, -0.05) is 22.9 Å². The number of hydrogen-bond acceptors (Lipinski definition) is 3. The highest BCUT2D eigenvalue weighted by Gasteiger charge is 2.25.